The van der Waals surface area contributed by atoms with Crippen LogP contribution in [0.25, 0.3) is 0 Å². The Balaban J connectivity index is 2.23. The number of ether oxygens (including phenoxy) is 1. The largest absolute Gasteiger partial charge is 0.496 e. The Hall–Kier alpha value is -1.46. The molecule has 1 heterocycles. The predicted octanol–water partition coefficient (Wildman–Crippen LogP) is 4.32. The molecule has 2 nitrogen and oxygen atoms in total. The average Bonchev–Trinajstić information content (AvgIpc) is 2.95. The summed E-state index contributed by atoms with van der Waals surface area (Å²) in [4.78, 5) is 1.02. The van der Waals surface area contributed by atoms with E-state index in [0.29, 0.717) is 0 Å². The third-order valence-electron chi connectivity index (χ3n) is 3.29. The predicted molar refractivity (Wildman–Crippen MR) is 82.0 cm³/mol. The maximum absolute atomic E-state index is 13.8. The van der Waals surface area contributed by atoms with Crippen LogP contribution in [-0.4, -0.2) is 13.7 Å². The molecule has 0 spiro atoms. The summed E-state index contributed by atoms with van der Waals surface area (Å²) < 4.78 is 32.8. The maximum Gasteiger partial charge on any atom is 0.129 e. The molecule has 0 radical (unpaired) electrons. The van der Waals surface area contributed by atoms with E-state index in [-0.39, 0.29) is 18.0 Å². The van der Waals surface area contributed by atoms with E-state index >= 15 is 0 Å². The number of halogens is 2. The minimum absolute atomic E-state index is 0.120. The second kappa shape index (κ2) is 7.52. The molecule has 0 aliphatic carbocycles. The van der Waals surface area contributed by atoms with Crippen molar-refractivity contribution in [2.45, 2.75) is 25.8 Å². The molecule has 0 saturated heterocycles. The number of hydrogen-bond acceptors (Lipinski definition) is 3. The number of nitrogens with one attached hydrogen (secondary N) is 1. The molecular formula is C16H19F2NOS. The van der Waals surface area contributed by atoms with Crippen molar-refractivity contribution in [2.75, 3.05) is 13.7 Å². The molecule has 0 amide bonds. The highest BCUT2D eigenvalue weighted by atomic mass is 32.1. The Labute approximate surface area is 127 Å². The summed E-state index contributed by atoms with van der Waals surface area (Å²) in [6.45, 7) is 2.85. The Morgan fingerprint density at radius 3 is 2.57 bits per heavy atom. The SMILES string of the molecule is CCCNC(Cc1c(F)cccc1F)c1cc(OC)cs1. The van der Waals surface area contributed by atoms with E-state index in [0.717, 1.165) is 23.6 Å². The average molecular weight is 311 g/mol. The fourth-order valence-electron chi connectivity index (χ4n) is 2.15. The third kappa shape index (κ3) is 4.02. The van der Waals surface area contributed by atoms with E-state index in [2.05, 4.69) is 12.2 Å². The molecule has 1 atom stereocenters. The van der Waals surface area contributed by atoms with Gasteiger partial charge in [-0.3, -0.25) is 0 Å². The summed E-state index contributed by atoms with van der Waals surface area (Å²) in [6.07, 6.45) is 1.24. The molecule has 5 heteroatoms. The van der Waals surface area contributed by atoms with Crippen LogP contribution in [0.5, 0.6) is 5.75 Å². The second-order valence-electron chi connectivity index (χ2n) is 4.80. The molecule has 0 saturated carbocycles. The van der Waals surface area contributed by atoms with Crippen molar-refractivity contribution in [3.63, 3.8) is 0 Å². The van der Waals surface area contributed by atoms with Crippen molar-refractivity contribution in [2.24, 2.45) is 0 Å². The lowest BCUT2D eigenvalue weighted by atomic mass is 10.0. The van der Waals surface area contributed by atoms with Crippen LogP contribution in [0.4, 0.5) is 8.78 Å². The van der Waals surface area contributed by atoms with Crippen LogP contribution in [0.1, 0.15) is 29.8 Å². The lowest BCUT2D eigenvalue weighted by molar-refractivity contribution is 0.415. The zero-order chi connectivity index (χ0) is 15.2. The zero-order valence-electron chi connectivity index (χ0n) is 12.2. The molecule has 1 unspecified atom stereocenters. The molecule has 0 fully saturated rings. The van der Waals surface area contributed by atoms with Gasteiger partial charge in [0.05, 0.1) is 7.11 Å². The number of hydrogen-bond donors (Lipinski definition) is 1. The van der Waals surface area contributed by atoms with Gasteiger partial charge in [0.25, 0.3) is 0 Å². The summed E-state index contributed by atoms with van der Waals surface area (Å²) >= 11 is 1.53. The molecule has 0 aliphatic heterocycles. The maximum atomic E-state index is 13.8. The Morgan fingerprint density at radius 1 is 1.29 bits per heavy atom. The smallest absolute Gasteiger partial charge is 0.129 e. The van der Waals surface area contributed by atoms with E-state index in [4.69, 9.17) is 4.74 Å². The molecule has 21 heavy (non-hydrogen) atoms. The number of benzene rings is 1. The minimum Gasteiger partial charge on any atom is -0.496 e. The van der Waals surface area contributed by atoms with Gasteiger partial charge in [0.1, 0.15) is 17.4 Å². The van der Waals surface area contributed by atoms with Crippen LogP contribution in [0.15, 0.2) is 29.6 Å². The van der Waals surface area contributed by atoms with Gasteiger partial charge in [-0.05, 0) is 37.6 Å². The van der Waals surface area contributed by atoms with Crippen LogP contribution in [0.3, 0.4) is 0 Å². The van der Waals surface area contributed by atoms with Crippen molar-refractivity contribution in [3.05, 3.63) is 51.7 Å². The first-order chi connectivity index (χ1) is 10.2. The fraction of sp³-hybridized carbons (Fsp3) is 0.375. The first kappa shape index (κ1) is 15.9. The zero-order valence-corrected chi connectivity index (χ0v) is 13.0. The van der Waals surface area contributed by atoms with E-state index in [1.165, 1.54) is 29.5 Å². The Bertz CT molecular complexity index is 565. The summed E-state index contributed by atoms with van der Waals surface area (Å²) in [5, 5.41) is 5.24. The van der Waals surface area contributed by atoms with Gasteiger partial charge in [-0.25, -0.2) is 8.78 Å². The number of rotatable bonds is 7. The lowest BCUT2D eigenvalue weighted by Gasteiger charge is -2.18. The summed E-state index contributed by atoms with van der Waals surface area (Å²) in [5.41, 5.74) is 0.124. The lowest BCUT2D eigenvalue weighted by Crippen LogP contribution is -2.24. The molecule has 114 valence electrons. The van der Waals surface area contributed by atoms with Gasteiger partial charge in [0.2, 0.25) is 0 Å². The minimum atomic E-state index is -0.498. The van der Waals surface area contributed by atoms with E-state index in [9.17, 15) is 8.78 Å². The second-order valence-corrected chi connectivity index (χ2v) is 5.74. The van der Waals surface area contributed by atoms with Gasteiger partial charge in [0, 0.05) is 21.9 Å². The summed E-state index contributed by atoms with van der Waals surface area (Å²) in [6, 6.07) is 5.77. The van der Waals surface area contributed by atoms with Crippen LogP contribution in [-0.2, 0) is 6.42 Å². The summed E-state index contributed by atoms with van der Waals surface area (Å²) in [5.74, 6) is -0.226. The van der Waals surface area contributed by atoms with Crippen molar-refractivity contribution >= 4 is 11.3 Å². The number of methoxy groups -OCH3 is 1. The molecule has 0 aliphatic rings. The van der Waals surface area contributed by atoms with Gasteiger partial charge in [0.15, 0.2) is 0 Å². The van der Waals surface area contributed by atoms with Crippen molar-refractivity contribution in [3.8, 4) is 5.75 Å². The van der Waals surface area contributed by atoms with Crippen molar-refractivity contribution in [1.29, 1.82) is 0 Å². The highest BCUT2D eigenvalue weighted by Crippen LogP contribution is 2.30. The van der Waals surface area contributed by atoms with Crippen molar-refractivity contribution in [1.82, 2.24) is 5.32 Å². The van der Waals surface area contributed by atoms with Gasteiger partial charge in [-0.2, -0.15) is 0 Å². The normalized spacial score (nSPS) is 12.4. The molecule has 2 rings (SSSR count). The topological polar surface area (TPSA) is 21.3 Å². The molecular weight excluding hydrogens is 292 g/mol. The molecule has 1 aromatic carbocycles. The van der Waals surface area contributed by atoms with Gasteiger partial charge >= 0.3 is 0 Å². The van der Waals surface area contributed by atoms with E-state index < -0.39 is 11.6 Å². The highest BCUT2D eigenvalue weighted by Gasteiger charge is 2.18. The quantitative estimate of drug-likeness (QED) is 0.822. The Morgan fingerprint density at radius 2 is 2.00 bits per heavy atom. The van der Waals surface area contributed by atoms with Crippen LogP contribution >= 0.6 is 11.3 Å². The Kier molecular flexibility index (Phi) is 5.70. The standard InChI is InChI=1S/C16H19F2NOS/c1-3-7-19-15(16-8-11(20-2)10-21-16)9-12-13(17)5-4-6-14(12)18/h4-6,8,10,15,19H,3,7,9H2,1-2H3. The van der Waals surface area contributed by atoms with Crippen LogP contribution < -0.4 is 10.1 Å². The van der Waals surface area contributed by atoms with E-state index in [1.807, 2.05) is 11.4 Å². The monoisotopic (exact) mass is 311 g/mol. The molecule has 2 aromatic rings. The summed E-state index contributed by atoms with van der Waals surface area (Å²) in [7, 11) is 1.61. The molecule has 1 aromatic heterocycles. The highest BCUT2D eigenvalue weighted by molar-refractivity contribution is 7.10. The molecule has 1 N–H and O–H groups in total. The number of thiophene rings is 1. The van der Waals surface area contributed by atoms with Gasteiger partial charge in [-0.15, -0.1) is 11.3 Å². The first-order valence-electron chi connectivity index (χ1n) is 6.94. The van der Waals surface area contributed by atoms with Crippen molar-refractivity contribution < 1.29 is 13.5 Å². The molecule has 0 bridgehead atoms. The van der Waals surface area contributed by atoms with E-state index in [1.54, 1.807) is 7.11 Å². The van der Waals surface area contributed by atoms with Gasteiger partial charge < -0.3 is 10.1 Å². The third-order valence-corrected chi connectivity index (χ3v) is 4.31. The van der Waals surface area contributed by atoms with Crippen LogP contribution in [0.2, 0.25) is 0 Å². The fourth-order valence-corrected chi connectivity index (χ4v) is 3.08. The van der Waals surface area contributed by atoms with Crippen LogP contribution in [0, 0.1) is 11.6 Å². The van der Waals surface area contributed by atoms with Gasteiger partial charge in [-0.1, -0.05) is 13.0 Å². The first-order valence-corrected chi connectivity index (χ1v) is 7.82.